The zero-order valence-corrected chi connectivity index (χ0v) is 39.5. The first-order chi connectivity index (χ1) is 29.7. The summed E-state index contributed by atoms with van der Waals surface area (Å²) in [4.78, 5) is 35.6. The van der Waals surface area contributed by atoms with Crippen molar-refractivity contribution in [1.82, 2.24) is 0 Å². The summed E-state index contributed by atoms with van der Waals surface area (Å²) < 4.78 is 39.9. The van der Waals surface area contributed by atoms with Crippen LogP contribution in [0.5, 0.6) is 0 Å². The van der Waals surface area contributed by atoms with Crippen molar-refractivity contribution in [2.24, 2.45) is 5.92 Å². The van der Waals surface area contributed by atoms with Crippen molar-refractivity contribution in [3.8, 4) is 0 Å². The van der Waals surface area contributed by atoms with Gasteiger partial charge in [-0.25, -0.2) is 4.57 Å². The van der Waals surface area contributed by atoms with Gasteiger partial charge in [-0.2, -0.15) is 0 Å². The van der Waals surface area contributed by atoms with E-state index in [1.54, 1.807) is 12.2 Å². The molecule has 4 N–H and O–H groups in total. The lowest BCUT2D eigenvalue weighted by atomic mass is 9.87. The zero-order valence-electron chi connectivity index (χ0n) is 38.6. The molecule has 14 heteroatoms. The number of carbonyl (C=O) groups excluding carboxylic acids is 2. The van der Waals surface area contributed by atoms with Crippen molar-refractivity contribution in [2.75, 3.05) is 47.5 Å². The van der Waals surface area contributed by atoms with E-state index < -0.39 is 57.1 Å². The van der Waals surface area contributed by atoms with Crippen molar-refractivity contribution in [1.29, 1.82) is 0 Å². The molecule has 0 aromatic rings. The number of unbranched alkanes of at least 4 members (excludes halogenated alkanes) is 7. The Morgan fingerprint density at radius 3 is 1.94 bits per heavy atom. The molecule has 7 atom stereocenters. The Morgan fingerprint density at radius 1 is 0.758 bits per heavy atom. The van der Waals surface area contributed by atoms with Gasteiger partial charge >= 0.3 is 19.8 Å². The third-order valence-corrected chi connectivity index (χ3v) is 11.0. The topological polar surface area (TPSA) is 178 Å². The summed E-state index contributed by atoms with van der Waals surface area (Å²) in [5.74, 6) is -1.38. The fourth-order valence-electron chi connectivity index (χ4n) is 6.28. The van der Waals surface area contributed by atoms with Crippen LogP contribution in [-0.4, -0.2) is 115 Å². The number of quaternary nitrogens is 1. The van der Waals surface area contributed by atoms with Crippen LogP contribution in [0.2, 0.25) is 0 Å². The van der Waals surface area contributed by atoms with Gasteiger partial charge in [0.1, 0.15) is 19.8 Å². The van der Waals surface area contributed by atoms with Crippen LogP contribution in [0.25, 0.3) is 0 Å². The monoisotopic (exact) mass is 897 g/mol. The van der Waals surface area contributed by atoms with Crippen LogP contribution in [-0.2, 0) is 37.4 Å². The van der Waals surface area contributed by atoms with Gasteiger partial charge in [0.05, 0.1) is 46.1 Å². The molecular weight excluding hydrogens is 813 g/mol. The van der Waals surface area contributed by atoms with Crippen molar-refractivity contribution in [3.63, 3.8) is 0 Å². The molecule has 13 nitrogen and oxygen atoms in total. The highest BCUT2D eigenvalue weighted by Gasteiger charge is 2.35. The van der Waals surface area contributed by atoms with Crippen LogP contribution in [0.15, 0.2) is 72.9 Å². The largest absolute Gasteiger partial charge is 0.472 e. The van der Waals surface area contributed by atoms with Gasteiger partial charge in [-0.05, 0) is 70.6 Å². The lowest BCUT2D eigenvalue weighted by molar-refractivity contribution is -0.870. The van der Waals surface area contributed by atoms with Crippen molar-refractivity contribution in [3.05, 3.63) is 72.9 Å². The highest BCUT2D eigenvalue weighted by Crippen LogP contribution is 2.43. The molecule has 0 saturated carbocycles. The molecule has 1 saturated heterocycles. The van der Waals surface area contributed by atoms with Gasteiger partial charge in [-0.1, -0.05) is 119 Å². The molecular formula is C48H83NO12P+. The number of phosphoric acid groups is 1. The summed E-state index contributed by atoms with van der Waals surface area (Å²) in [5, 5.41) is 31.0. The highest BCUT2D eigenvalue weighted by atomic mass is 31.2. The second-order valence-corrected chi connectivity index (χ2v) is 18.4. The first-order valence-electron chi connectivity index (χ1n) is 23.1. The Bertz CT molecular complexity index is 1400. The summed E-state index contributed by atoms with van der Waals surface area (Å²) in [6.45, 7) is 3.89. The van der Waals surface area contributed by atoms with E-state index in [9.17, 15) is 34.4 Å². The smallest absolute Gasteiger partial charge is 0.462 e. The van der Waals surface area contributed by atoms with E-state index >= 15 is 0 Å². The van der Waals surface area contributed by atoms with Crippen LogP contribution in [0.3, 0.4) is 0 Å². The quantitative estimate of drug-likeness (QED) is 0.0154. The molecule has 62 heavy (non-hydrogen) atoms. The fourth-order valence-corrected chi connectivity index (χ4v) is 7.02. The molecule has 0 amide bonds. The number of ether oxygens (including phenoxy) is 3. The maximum atomic E-state index is 12.7. The molecule has 0 spiro atoms. The molecule has 0 aromatic heterocycles. The summed E-state index contributed by atoms with van der Waals surface area (Å²) in [7, 11) is 1.28. The molecule has 2 unspecified atom stereocenters. The van der Waals surface area contributed by atoms with Crippen molar-refractivity contribution in [2.45, 2.75) is 167 Å². The van der Waals surface area contributed by atoms with E-state index in [-0.39, 0.29) is 38.4 Å². The zero-order chi connectivity index (χ0) is 45.9. The van der Waals surface area contributed by atoms with E-state index in [2.05, 4.69) is 50.3 Å². The number of aliphatic hydroxyl groups excluding tert-OH is 3. The third kappa shape index (κ3) is 32.9. The van der Waals surface area contributed by atoms with E-state index in [1.165, 1.54) is 19.3 Å². The van der Waals surface area contributed by atoms with Crippen LogP contribution < -0.4 is 0 Å². The van der Waals surface area contributed by atoms with E-state index in [0.717, 1.165) is 44.9 Å². The Morgan fingerprint density at radius 2 is 1.32 bits per heavy atom. The molecule has 0 aliphatic carbocycles. The average molecular weight is 897 g/mol. The predicted molar refractivity (Wildman–Crippen MR) is 246 cm³/mol. The van der Waals surface area contributed by atoms with Gasteiger partial charge in [0.15, 0.2) is 12.4 Å². The van der Waals surface area contributed by atoms with Crippen LogP contribution in [0, 0.1) is 5.92 Å². The normalized spacial score (nSPS) is 20.9. The number of aliphatic hydroxyl groups is 3. The van der Waals surface area contributed by atoms with Crippen LogP contribution in [0.4, 0.5) is 0 Å². The highest BCUT2D eigenvalue weighted by molar-refractivity contribution is 7.47. The van der Waals surface area contributed by atoms with E-state index in [1.807, 2.05) is 45.4 Å². The Balaban J connectivity index is 2.57. The molecule has 1 aliphatic rings. The number of carbonyl (C=O) groups is 2. The molecule has 0 radical (unpaired) electrons. The SMILES string of the molecule is CCCCC/C=C\C/C=C\C/C=C\C/C=C\CCCC(=O)O[C@H](COC(=O)CCC/C=C\C[C@H]1[C@@H](O)CC(O)O[C@@H]1/C=C/[C@@H](O)CCCCC)COP(=O)(O)OCC[N+](C)(C)C. The summed E-state index contributed by atoms with van der Waals surface area (Å²) in [5.41, 5.74) is 0. The van der Waals surface area contributed by atoms with Crippen molar-refractivity contribution < 1.29 is 62.1 Å². The number of esters is 2. The number of phosphoric ester groups is 1. The third-order valence-electron chi connectivity index (χ3n) is 10.0. The first-order valence-corrected chi connectivity index (χ1v) is 24.6. The van der Waals surface area contributed by atoms with E-state index in [4.69, 9.17) is 23.3 Å². The maximum absolute atomic E-state index is 12.7. The number of hydrogen-bond acceptors (Lipinski definition) is 11. The average Bonchev–Trinajstić information content (AvgIpc) is 3.20. The Kier molecular flexibility index (Phi) is 32.9. The second kappa shape index (κ2) is 35.6. The maximum Gasteiger partial charge on any atom is 0.472 e. The molecule has 356 valence electrons. The van der Waals surface area contributed by atoms with Gasteiger partial charge in [0.25, 0.3) is 0 Å². The number of rotatable bonds is 36. The van der Waals surface area contributed by atoms with Gasteiger partial charge in [-0.15, -0.1) is 0 Å². The van der Waals surface area contributed by atoms with Crippen LogP contribution >= 0.6 is 7.82 Å². The minimum absolute atomic E-state index is 0.0260. The Labute approximate surface area is 373 Å². The molecule has 0 bridgehead atoms. The van der Waals surface area contributed by atoms with Gasteiger partial charge in [0, 0.05) is 25.2 Å². The summed E-state index contributed by atoms with van der Waals surface area (Å²) in [6.07, 6.45) is 34.4. The number of allylic oxidation sites excluding steroid dienone is 10. The number of hydrogen-bond donors (Lipinski definition) is 4. The molecule has 0 aromatic carbocycles. The number of likely N-dealkylation sites (N-methyl/N-ethyl adjacent to an activating group) is 1. The first kappa shape index (κ1) is 57.3. The standard InChI is InChI=1S/C48H82NO12P/c1-6-8-10-11-12-13-14-15-16-17-18-19-20-21-22-23-29-33-47(53)60-42(40-59-62(55,56)58-37-36-49(3,4)5)39-57-46(52)32-28-25-24-27-31-43-44(51)38-48(54)61-45(43)35-34-41(50)30-26-9-7-2/h12-13,15-16,18-19,21-22,24,27,34-35,41-45,48,50-51,54H,6-11,14,17,20,23,25-26,28-33,36-40H2,1-5H3/p+1/b13-12-,16-15-,19-18-,22-21-,27-24-,35-34+/t41-,42+,43-,44-,45+,48?/m0/s1. The number of nitrogens with zero attached hydrogens (tertiary/aromatic N) is 1. The van der Waals surface area contributed by atoms with Gasteiger partial charge in [0.2, 0.25) is 0 Å². The Hall–Kier alpha value is -2.71. The summed E-state index contributed by atoms with van der Waals surface area (Å²) >= 11 is 0. The molecule has 1 heterocycles. The fraction of sp³-hybridized carbons (Fsp3) is 0.708. The van der Waals surface area contributed by atoms with Gasteiger partial charge in [-0.3, -0.25) is 18.6 Å². The minimum Gasteiger partial charge on any atom is -0.462 e. The molecule has 1 aliphatic heterocycles. The second-order valence-electron chi connectivity index (χ2n) is 17.0. The molecule has 1 rings (SSSR count). The van der Waals surface area contributed by atoms with Gasteiger partial charge < -0.3 is 38.9 Å². The van der Waals surface area contributed by atoms with E-state index in [0.29, 0.717) is 49.6 Å². The lowest BCUT2D eigenvalue weighted by Crippen LogP contribution is -2.43. The minimum atomic E-state index is -4.46. The van der Waals surface area contributed by atoms with Crippen LogP contribution in [0.1, 0.15) is 136 Å². The summed E-state index contributed by atoms with van der Waals surface area (Å²) in [6, 6.07) is 0. The molecule has 1 fully saturated rings. The lowest BCUT2D eigenvalue weighted by Gasteiger charge is -2.36. The predicted octanol–water partition coefficient (Wildman–Crippen LogP) is 9.13. The van der Waals surface area contributed by atoms with Crippen molar-refractivity contribution >= 4 is 19.8 Å².